The normalized spacial score (nSPS) is 12.9. The Morgan fingerprint density at radius 2 is 1.90 bits per heavy atom. The fourth-order valence-corrected chi connectivity index (χ4v) is 3.13. The van der Waals surface area contributed by atoms with E-state index < -0.39 is 10.0 Å². The number of nitrogens with zero attached hydrogens (tertiary/aromatic N) is 1. The fraction of sp³-hybridized carbons (Fsp3) is 0.214. The molecule has 0 aliphatic rings. The van der Waals surface area contributed by atoms with Gasteiger partial charge in [-0.05, 0) is 36.8 Å². The lowest BCUT2D eigenvalue weighted by molar-refractivity contribution is 0.415. The molecule has 2 aromatic rings. The van der Waals surface area contributed by atoms with Gasteiger partial charge in [-0.2, -0.15) is 0 Å². The average Bonchev–Trinajstić information content (AvgIpc) is 2.48. The molecule has 0 saturated heterocycles. The number of hydrogen-bond acceptors (Lipinski definition) is 5. The summed E-state index contributed by atoms with van der Waals surface area (Å²) in [6, 6.07) is 7.50. The summed E-state index contributed by atoms with van der Waals surface area (Å²) in [7, 11) is -2.22. The molecule has 3 N–H and O–H groups in total. The van der Waals surface area contributed by atoms with Crippen molar-refractivity contribution in [1.82, 2.24) is 9.71 Å². The van der Waals surface area contributed by atoms with E-state index in [4.69, 9.17) is 10.5 Å². The van der Waals surface area contributed by atoms with Crippen LogP contribution in [0, 0.1) is 0 Å². The van der Waals surface area contributed by atoms with E-state index in [0.717, 1.165) is 5.56 Å². The number of pyridine rings is 1. The van der Waals surface area contributed by atoms with E-state index in [0.29, 0.717) is 11.4 Å². The molecule has 112 valence electrons. The quantitative estimate of drug-likeness (QED) is 0.820. The topological polar surface area (TPSA) is 94.3 Å². The van der Waals surface area contributed by atoms with E-state index in [2.05, 4.69) is 9.71 Å². The molecule has 0 radical (unpaired) electrons. The predicted octanol–water partition coefficient (Wildman–Crippen LogP) is 1.71. The summed E-state index contributed by atoms with van der Waals surface area (Å²) in [5.41, 5.74) is 6.91. The van der Waals surface area contributed by atoms with Crippen LogP contribution < -0.4 is 15.2 Å². The van der Waals surface area contributed by atoms with Crippen molar-refractivity contribution in [2.75, 3.05) is 12.8 Å². The van der Waals surface area contributed by atoms with Gasteiger partial charge in [-0.15, -0.1) is 0 Å². The number of nitrogens with one attached hydrogen (secondary N) is 1. The highest BCUT2D eigenvalue weighted by molar-refractivity contribution is 7.89. The second kappa shape index (κ2) is 6.11. The molecule has 0 amide bonds. The third-order valence-corrected chi connectivity index (χ3v) is 4.59. The molecule has 0 aliphatic heterocycles. The highest BCUT2D eigenvalue weighted by Crippen LogP contribution is 2.25. The van der Waals surface area contributed by atoms with E-state index in [9.17, 15) is 8.42 Å². The van der Waals surface area contributed by atoms with E-state index in [-0.39, 0.29) is 10.9 Å². The van der Waals surface area contributed by atoms with Gasteiger partial charge in [0.15, 0.2) is 0 Å². The molecule has 2 rings (SSSR count). The first kappa shape index (κ1) is 15.3. The average molecular weight is 307 g/mol. The van der Waals surface area contributed by atoms with Crippen LogP contribution in [0.4, 0.5) is 5.69 Å². The number of nitrogen functional groups attached to an aromatic ring is 1. The van der Waals surface area contributed by atoms with Crippen LogP contribution in [0.15, 0.2) is 47.6 Å². The van der Waals surface area contributed by atoms with E-state index >= 15 is 0 Å². The lowest BCUT2D eigenvalue weighted by Crippen LogP contribution is -2.27. The van der Waals surface area contributed by atoms with Gasteiger partial charge in [-0.1, -0.05) is 0 Å². The first-order valence-corrected chi connectivity index (χ1v) is 7.78. The summed E-state index contributed by atoms with van der Waals surface area (Å²) in [5, 5.41) is 0. The molecule has 21 heavy (non-hydrogen) atoms. The Labute approximate surface area is 124 Å². The zero-order chi connectivity index (χ0) is 15.5. The summed E-state index contributed by atoms with van der Waals surface area (Å²) in [4.78, 5) is 4.01. The molecular weight excluding hydrogens is 290 g/mol. The SMILES string of the molecule is COc1cc(S(=O)(=O)NC(C)c2ccncc2)ccc1N. The first-order chi connectivity index (χ1) is 9.94. The molecule has 0 saturated carbocycles. The molecule has 0 fully saturated rings. The van der Waals surface area contributed by atoms with Crippen molar-refractivity contribution in [3.8, 4) is 5.75 Å². The minimum atomic E-state index is -3.66. The Kier molecular flexibility index (Phi) is 4.44. The van der Waals surface area contributed by atoms with Gasteiger partial charge < -0.3 is 10.5 Å². The number of anilines is 1. The molecule has 1 atom stereocenters. The Morgan fingerprint density at radius 3 is 2.52 bits per heavy atom. The highest BCUT2D eigenvalue weighted by atomic mass is 32.2. The molecule has 1 unspecified atom stereocenters. The van der Waals surface area contributed by atoms with Crippen molar-refractivity contribution in [2.45, 2.75) is 17.9 Å². The van der Waals surface area contributed by atoms with Crippen LogP contribution in [0.1, 0.15) is 18.5 Å². The molecule has 1 heterocycles. The Balaban J connectivity index is 2.26. The maximum absolute atomic E-state index is 12.4. The maximum atomic E-state index is 12.4. The van der Waals surface area contributed by atoms with Crippen LogP contribution in [0.25, 0.3) is 0 Å². The molecular formula is C14H17N3O3S. The van der Waals surface area contributed by atoms with Crippen molar-refractivity contribution < 1.29 is 13.2 Å². The van der Waals surface area contributed by atoms with Crippen LogP contribution in [0.2, 0.25) is 0 Å². The first-order valence-electron chi connectivity index (χ1n) is 6.30. The third kappa shape index (κ3) is 3.50. The van der Waals surface area contributed by atoms with Crippen molar-refractivity contribution >= 4 is 15.7 Å². The summed E-state index contributed by atoms with van der Waals surface area (Å²) < 4.78 is 32.4. The second-order valence-electron chi connectivity index (χ2n) is 4.53. The molecule has 7 heteroatoms. The molecule has 0 aliphatic carbocycles. The molecule has 1 aromatic heterocycles. The number of methoxy groups -OCH3 is 1. The maximum Gasteiger partial charge on any atom is 0.241 e. The molecule has 0 bridgehead atoms. The highest BCUT2D eigenvalue weighted by Gasteiger charge is 2.19. The minimum Gasteiger partial charge on any atom is -0.495 e. The third-order valence-electron chi connectivity index (χ3n) is 3.05. The van der Waals surface area contributed by atoms with Gasteiger partial charge in [-0.25, -0.2) is 13.1 Å². The molecule has 0 spiro atoms. The number of rotatable bonds is 5. The van der Waals surface area contributed by atoms with Crippen molar-refractivity contribution in [1.29, 1.82) is 0 Å². The Morgan fingerprint density at radius 1 is 1.24 bits per heavy atom. The van der Waals surface area contributed by atoms with Crippen LogP contribution in [-0.4, -0.2) is 20.5 Å². The van der Waals surface area contributed by atoms with Gasteiger partial charge >= 0.3 is 0 Å². The number of hydrogen-bond donors (Lipinski definition) is 2. The number of ether oxygens (including phenoxy) is 1. The van der Waals surface area contributed by atoms with Gasteiger partial charge in [0, 0.05) is 24.5 Å². The zero-order valence-corrected chi connectivity index (χ0v) is 12.6. The van der Waals surface area contributed by atoms with Gasteiger partial charge in [-0.3, -0.25) is 4.98 Å². The van der Waals surface area contributed by atoms with Gasteiger partial charge in [0.05, 0.1) is 17.7 Å². The Hall–Kier alpha value is -2.12. The van der Waals surface area contributed by atoms with E-state index in [1.165, 1.54) is 25.3 Å². The van der Waals surface area contributed by atoms with E-state index in [1.54, 1.807) is 31.5 Å². The monoisotopic (exact) mass is 307 g/mol. The Bertz CT molecular complexity index is 717. The van der Waals surface area contributed by atoms with Crippen molar-refractivity contribution in [3.63, 3.8) is 0 Å². The van der Waals surface area contributed by atoms with Crippen LogP contribution in [-0.2, 0) is 10.0 Å². The molecule has 6 nitrogen and oxygen atoms in total. The number of nitrogens with two attached hydrogens (primary N) is 1. The fourth-order valence-electron chi connectivity index (χ4n) is 1.88. The lowest BCUT2D eigenvalue weighted by Gasteiger charge is -2.15. The standard InChI is InChI=1S/C14H17N3O3S/c1-10(11-5-7-16-8-6-11)17-21(18,19)12-3-4-13(15)14(9-12)20-2/h3-10,17H,15H2,1-2H3. The number of aromatic nitrogens is 1. The minimum absolute atomic E-state index is 0.106. The van der Waals surface area contributed by atoms with Crippen LogP contribution in [0.3, 0.4) is 0 Å². The predicted molar refractivity (Wildman–Crippen MR) is 80.4 cm³/mol. The summed E-state index contributed by atoms with van der Waals surface area (Å²) in [6.07, 6.45) is 3.23. The van der Waals surface area contributed by atoms with Gasteiger partial charge in [0.25, 0.3) is 0 Å². The second-order valence-corrected chi connectivity index (χ2v) is 6.24. The smallest absolute Gasteiger partial charge is 0.241 e. The summed E-state index contributed by atoms with van der Waals surface area (Å²) in [6.45, 7) is 1.77. The van der Waals surface area contributed by atoms with Gasteiger partial charge in [0.2, 0.25) is 10.0 Å². The number of sulfonamides is 1. The number of benzene rings is 1. The lowest BCUT2D eigenvalue weighted by atomic mass is 10.1. The van der Waals surface area contributed by atoms with Crippen molar-refractivity contribution in [2.24, 2.45) is 0 Å². The van der Waals surface area contributed by atoms with Crippen LogP contribution in [0.5, 0.6) is 5.75 Å². The van der Waals surface area contributed by atoms with Gasteiger partial charge in [0.1, 0.15) is 5.75 Å². The molecule has 1 aromatic carbocycles. The van der Waals surface area contributed by atoms with Crippen LogP contribution >= 0.6 is 0 Å². The van der Waals surface area contributed by atoms with Crippen molar-refractivity contribution in [3.05, 3.63) is 48.3 Å². The summed E-state index contributed by atoms with van der Waals surface area (Å²) in [5.74, 6) is 0.328. The largest absolute Gasteiger partial charge is 0.495 e. The summed E-state index contributed by atoms with van der Waals surface area (Å²) >= 11 is 0. The zero-order valence-electron chi connectivity index (χ0n) is 11.8. The van der Waals surface area contributed by atoms with E-state index in [1.807, 2.05) is 0 Å².